The minimum atomic E-state index is -0.240. The summed E-state index contributed by atoms with van der Waals surface area (Å²) in [6.07, 6.45) is 3.22. The molecule has 1 aliphatic rings. The third kappa shape index (κ3) is 4.16. The van der Waals surface area contributed by atoms with Gasteiger partial charge in [-0.2, -0.15) is 0 Å². The van der Waals surface area contributed by atoms with Crippen LogP contribution in [-0.2, 0) is 0 Å². The predicted octanol–water partition coefficient (Wildman–Crippen LogP) is 2.90. The van der Waals surface area contributed by atoms with Gasteiger partial charge in [-0.3, -0.25) is 14.6 Å². The molecule has 3 aromatic heterocycles. The number of carbonyl (C=O) groups excluding carboxylic acids is 2. The van der Waals surface area contributed by atoms with Gasteiger partial charge in [-0.25, -0.2) is 14.8 Å². The lowest BCUT2D eigenvalue weighted by Crippen LogP contribution is -2.33. The molecular formula is C22H26N8O2. The first kappa shape index (κ1) is 21.4. The molecule has 0 spiro atoms. The molecule has 4 heterocycles. The lowest BCUT2D eigenvalue weighted by atomic mass is 10.3. The number of hydrogen-bond acceptors (Lipinski definition) is 6. The van der Waals surface area contributed by atoms with E-state index in [1.807, 2.05) is 44.4 Å². The van der Waals surface area contributed by atoms with Crippen LogP contribution < -0.4 is 15.1 Å². The fraction of sp³-hybridized carbons (Fsp3) is 0.364. The molecule has 0 bridgehead atoms. The van der Waals surface area contributed by atoms with Crippen LogP contribution in [0.3, 0.4) is 0 Å². The number of anilines is 2. The zero-order valence-electron chi connectivity index (χ0n) is 18.6. The molecule has 0 radical (unpaired) electrons. The van der Waals surface area contributed by atoms with Crippen molar-refractivity contribution in [3.05, 3.63) is 48.5 Å². The lowest BCUT2D eigenvalue weighted by Gasteiger charge is -2.18. The van der Waals surface area contributed by atoms with Crippen molar-refractivity contribution in [2.24, 2.45) is 0 Å². The van der Waals surface area contributed by atoms with E-state index >= 15 is 0 Å². The molecule has 3 amide bonds. The molecule has 1 N–H and O–H groups in total. The summed E-state index contributed by atoms with van der Waals surface area (Å²) in [5.74, 6) is 0.968. The Morgan fingerprint density at radius 1 is 1.06 bits per heavy atom. The van der Waals surface area contributed by atoms with Gasteiger partial charge < -0.3 is 9.88 Å². The zero-order chi connectivity index (χ0) is 22.8. The van der Waals surface area contributed by atoms with E-state index in [2.05, 4.69) is 25.5 Å². The Kier molecular flexibility index (Phi) is 5.85. The fourth-order valence-electron chi connectivity index (χ4n) is 3.51. The van der Waals surface area contributed by atoms with Crippen LogP contribution in [0.2, 0.25) is 0 Å². The van der Waals surface area contributed by atoms with Crippen molar-refractivity contribution >= 4 is 23.4 Å². The molecular weight excluding hydrogens is 408 g/mol. The van der Waals surface area contributed by atoms with E-state index in [-0.39, 0.29) is 24.0 Å². The van der Waals surface area contributed by atoms with Gasteiger partial charge >= 0.3 is 6.03 Å². The Labute approximate surface area is 186 Å². The first-order chi connectivity index (χ1) is 15.3. The minimum Gasteiger partial charge on any atom is -0.349 e. The number of pyridine rings is 2. The Bertz CT molecular complexity index is 1120. The maximum absolute atomic E-state index is 13.1. The summed E-state index contributed by atoms with van der Waals surface area (Å²) in [6.45, 7) is 8.85. The fourth-order valence-corrected chi connectivity index (χ4v) is 3.51. The van der Waals surface area contributed by atoms with Gasteiger partial charge in [-0.05, 0) is 52.0 Å². The highest BCUT2D eigenvalue weighted by Gasteiger charge is 2.32. The van der Waals surface area contributed by atoms with Crippen LogP contribution in [0.1, 0.15) is 44.2 Å². The normalized spacial score (nSPS) is 14.0. The van der Waals surface area contributed by atoms with E-state index in [1.54, 1.807) is 40.5 Å². The molecule has 0 atom stereocenters. The molecule has 4 rings (SSSR count). The highest BCUT2D eigenvalue weighted by Crippen LogP contribution is 2.26. The number of nitrogens with zero attached hydrogens (tertiary/aromatic N) is 7. The topological polar surface area (TPSA) is 109 Å². The number of carbonyl (C=O) groups is 2. The van der Waals surface area contributed by atoms with E-state index in [1.165, 1.54) is 0 Å². The average Bonchev–Trinajstić information content (AvgIpc) is 3.41. The second-order valence-corrected chi connectivity index (χ2v) is 8.15. The summed E-state index contributed by atoms with van der Waals surface area (Å²) in [5, 5.41) is 11.0. The van der Waals surface area contributed by atoms with Crippen LogP contribution >= 0.6 is 0 Å². The summed E-state index contributed by atoms with van der Waals surface area (Å²) in [4.78, 5) is 37.4. The molecule has 10 nitrogen and oxygen atoms in total. The largest absolute Gasteiger partial charge is 0.349 e. The van der Waals surface area contributed by atoms with Gasteiger partial charge in [0.05, 0.1) is 11.9 Å². The van der Waals surface area contributed by atoms with Gasteiger partial charge in [-0.15, -0.1) is 10.2 Å². The van der Waals surface area contributed by atoms with Gasteiger partial charge in [0.25, 0.3) is 5.91 Å². The van der Waals surface area contributed by atoms with Gasteiger partial charge in [0, 0.05) is 25.2 Å². The van der Waals surface area contributed by atoms with E-state index in [0.717, 1.165) is 0 Å². The van der Waals surface area contributed by atoms with E-state index < -0.39 is 0 Å². The summed E-state index contributed by atoms with van der Waals surface area (Å²) in [7, 11) is 0. The first-order valence-electron chi connectivity index (χ1n) is 10.6. The summed E-state index contributed by atoms with van der Waals surface area (Å²) in [6, 6.07) is 8.90. The van der Waals surface area contributed by atoms with Gasteiger partial charge in [-0.1, -0.05) is 6.07 Å². The van der Waals surface area contributed by atoms with Crippen LogP contribution in [0.4, 0.5) is 16.3 Å². The molecule has 0 unspecified atom stereocenters. The van der Waals surface area contributed by atoms with Crippen molar-refractivity contribution in [3.8, 4) is 11.5 Å². The maximum Gasteiger partial charge on any atom is 0.330 e. The molecule has 166 valence electrons. The molecule has 32 heavy (non-hydrogen) atoms. The Morgan fingerprint density at radius 3 is 2.53 bits per heavy atom. The van der Waals surface area contributed by atoms with Crippen LogP contribution in [0, 0.1) is 0 Å². The predicted molar refractivity (Wildman–Crippen MR) is 121 cm³/mol. The van der Waals surface area contributed by atoms with Crippen molar-refractivity contribution in [2.75, 3.05) is 22.9 Å². The van der Waals surface area contributed by atoms with Gasteiger partial charge in [0.2, 0.25) is 0 Å². The van der Waals surface area contributed by atoms with E-state index in [0.29, 0.717) is 41.8 Å². The highest BCUT2D eigenvalue weighted by atomic mass is 16.2. The van der Waals surface area contributed by atoms with E-state index in [4.69, 9.17) is 0 Å². The highest BCUT2D eigenvalue weighted by molar-refractivity contribution is 6.05. The molecule has 0 aromatic carbocycles. The summed E-state index contributed by atoms with van der Waals surface area (Å²) < 4.78 is 1.94. The van der Waals surface area contributed by atoms with Crippen LogP contribution in [0.25, 0.3) is 11.5 Å². The van der Waals surface area contributed by atoms with Crippen molar-refractivity contribution in [1.82, 2.24) is 30.0 Å². The molecule has 0 saturated carbocycles. The van der Waals surface area contributed by atoms with Crippen LogP contribution in [0.5, 0.6) is 0 Å². The third-order valence-corrected chi connectivity index (χ3v) is 5.09. The van der Waals surface area contributed by atoms with Crippen molar-refractivity contribution in [1.29, 1.82) is 0 Å². The SMILES string of the molecule is CC(C)NC(=O)c1ccc(N2CCN(c3cccc(-c4nncn4C(C)C)n3)C2=O)cn1. The molecule has 1 aliphatic heterocycles. The number of nitrogens with one attached hydrogen (secondary N) is 1. The smallest absolute Gasteiger partial charge is 0.330 e. The Morgan fingerprint density at radius 2 is 1.84 bits per heavy atom. The number of aromatic nitrogens is 5. The van der Waals surface area contributed by atoms with Crippen molar-refractivity contribution in [3.63, 3.8) is 0 Å². The van der Waals surface area contributed by atoms with Crippen LogP contribution in [-0.4, -0.2) is 55.8 Å². The van der Waals surface area contributed by atoms with Crippen molar-refractivity contribution < 1.29 is 9.59 Å². The summed E-state index contributed by atoms with van der Waals surface area (Å²) in [5.41, 5.74) is 1.60. The maximum atomic E-state index is 13.1. The number of urea groups is 1. The quantitative estimate of drug-likeness (QED) is 0.639. The van der Waals surface area contributed by atoms with Crippen LogP contribution in [0.15, 0.2) is 42.9 Å². The molecule has 0 aliphatic carbocycles. The standard InChI is InChI=1S/C22H26N8O2/c1-14(2)25-21(31)18-9-8-16(12-23-18)28-10-11-29(22(28)32)19-7-5-6-17(26-19)20-27-24-13-30(20)15(3)4/h5-9,12-15H,10-11H2,1-4H3,(H,25,31). The third-order valence-electron chi connectivity index (χ3n) is 5.09. The second-order valence-electron chi connectivity index (χ2n) is 8.15. The first-order valence-corrected chi connectivity index (χ1v) is 10.6. The second kappa shape index (κ2) is 8.74. The molecule has 10 heteroatoms. The van der Waals surface area contributed by atoms with Crippen molar-refractivity contribution in [2.45, 2.75) is 39.8 Å². The molecule has 1 fully saturated rings. The zero-order valence-corrected chi connectivity index (χ0v) is 18.6. The molecule has 3 aromatic rings. The lowest BCUT2D eigenvalue weighted by molar-refractivity contribution is 0.0938. The monoisotopic (exact) mass is 434 g/mol. The number of rotatable bonds is 6. The van der Waals surface area contributed by atoms with E-state index in [9.17, 15) is 9.59 Å². The average molecular weight is 435 g/mol. The molecule has 1 saturated heterocycles. The summed E-state index contributed by atoms with van der Waals surface area (Å²) >= 11 is 0. The Hall–Kier alpha value is -3.82. The van der Waals surface area contributed by atoms with Gasteiger partial charge in [0.1, 0.15) is 23.5 Å². The minimum absolute atomic E-state index is 0.0235. The number of amides is 3. The Balaban J connectivity index is 1.53. The van der Waals surface area contributed by atoms with Gasteiger partial charge in [0.15, 0.2) is 5.82 Å². The number of hydrogen-bond donors (Lipinski definition) is 1.